The highest BCUT2D eigenvalue weighted by Gasteiger charge is 2.43. The van der Waals surface area contributed by atoms with Crippen LogP contribution in [0.15, 0.2) is 90.0 Å². The number of hydrogen-bond acceptors (Lipinski definition) is 7. The Labute approximate surface area is 238 Å². The topological polar surface area (TPSA) is 102 Å². The Morgan fingerprint density at radius 2 is 1.76 bits per heavy atom. The lowest BCUT2D eigenvalue weighted by Gasteiger charge is -2.25. The van der Waals surface area contributed by atoms with E-state index in [1.54, 1.807) is 12.4 Å². The van der Waals surface area contributed by atoms with E-state index >= 15 is 0 Å². The van der Waals surface area contributed by atoms with Gasteiger partial charge in [-0.25, -0.2) is 15.0 Å². The van der Waals surface area contributed by atoms with Gasteiger partial charge in [0.25, 0.3) is 5.56 Å². The zero-order valence-corrected chi connectivity index (χ0v) is 22.6. The van der Waals surface area contributed by atoms with Gasteiger partial charge in [-0.15, -0.1) is 0 Å². The van der Waals surface area contributed by atoms with E-state index in [2.05, 4.69) is 61.1 Å². The van der Waals surface area contributed by atoms with Crippen LogP contribution in [0.5, 0.6) is 0 Å². The summed E-state index contributed by atoms with van der Waals surface area (Å²) in [6.07, 6.45) is 5.62. The Bertz CT molecular complexity index is 1830. The van der Waals surface area contributed by atoms with Crippen LogP contribution >= 0.6 is 0 Å². The van der Waals surface area contributed by atoms with Crippen molar-refractivity contribution in [2.45, 2.75) is 19.4 Å². The van der Waals surface area contributed by atoms with Crippen LogP contribution in [0.1, 0.15) is 24.2 Å². The number of nitrogens with one attached hydrogen (secondary N) is 1. The van der Waals surface area contributed by atoms with Crippen LogP contribution in [0, 0.1) is 16.7 Å². The highest BCUT2D eigenvalue weighted by molar-refractivity contribution is 5.91. The smallest absolute Gasteiger partial charge is 0.257 e. The predicted molar refractivity (Wildman–Crippen MR) is 159 cm³/mol. The minimum atomic E-state index is -0.133. The standard InChI is InChI=1S/C33H29N7O/c34-19-29-35-15-11-30(38-29)40-17-13-33(22-40)12-16-39(21-33)20-23-6-8-25(9-7-23)31-26(24-4-2-1-3-5-24)18-27-28(37-31)10-14-36-32(27)41/h1-11,14-15,18H,12-13,16-17,20-22H2,(H,36,41)/t33-/m0/s1. The zero-order chi connectivity index (χ0) is 27.8. The van der Waals surface area contributed by atoms with E-state index in [-0.39, 0.29) is 16.8 Å². The van der Waals surface area contributed by atoms with E-state index in [9.17, 15) is 4.79 Å². The summed E-state index contributed by atoms with van der Waals surface area (Å²) >= 11 is 0. The van der Waals surface area contributed by atoms with Crippen molar-refractivity contribution < 1.29 is 0 Å². The largest absolute Gasteiger partial charge is 0.356 e. The number of nitriles is 1. The Morgan fingerprint density at radius 1 is 0.927 bits per heavy atom. The maximum atomic E-state index is 12.5. The van der Waals surface area contributed by atoms with Crippen LogP contribution in [0.2, 0.25) is 0 Å². The van der Waals surface area contributed by atoms with Crippen LogP contribution in [-0.2, 0) is 6.54 Å². The number of fused-ring (bicyclic) bond motifs is 1. The molecule has 1 spiro atoms. The highest BCUT2D eigenvalue weighted by Crippen LogP contribution is 2.41. The van der Waals surface area contributed by atoms with E-state index in [0.717, 1.165) is 67.3 Å². The summed E-state index contributed by atoms with van der Waals surface area (Å²) in [7, 11) is 0. The van der Waals surface area contributed by atoms with Gasteiger partial charge in [0, 0.05) is 55.1 Å². The molecular weight excluding hydrogens is 510 g/mol. The van der Waals surface area contributed by atoms with E-state index < -0.39 is 0 Å². The fourth-order valence-electron chi connectivity index (χ4n) is 6.40. The molecule has 2 saturated heterocycles. The van der Waals surface area contributed by atoms with E-state index in [0.29, 0.717) is 10.9 Å². The van der Waals surface area contributed by atoms with Gasteiger partial charge in [0.2, 0.25) is 5.82 Å². The molecule has 202 valence electrons. The van der Waals surface area contributed by atoms with Crippen LogP contribution in [0.25, 0.3) is 33.3 Å². The number of pyridine rings is 2. The van der Waals surface area contributed by atoms with Crippen molar-refractivity contribution in [1.29, 1.82) is 5.26 Å². The zero-order valence-electron chi connectivity index (χ0n) is 22.6. The lowest BCUT2D eigenvalue weighted by Crippen LogP contribution is -2.31. The van der Waals surface area contributed by atoms with Crippen molar-refractivity contribution in [1.82, 2.24) is 24.8 Å². The molecule has 0 bridgehead atoms. The number of likely N-dealkylation sites (tertiary alicyclic amines) is 1. The van der Waals surface area contributed by atoms with Crippen molar-refractivity contribution in [3.05, 3.63) is 107 Å². The number of aromatic nitrogens is 4. The molecular formula is C33H29N7O. The summed E-state index contributed by atoms with van der Waals surface area (Å²) in [6, 6.07) is 26.6. The Hall–Kier alpha value is -4.87. The average molecular weight is 540 g/mol. The molecule has 8 nitrogen and oxygen atoms in total. The third-order valence-corrected chi connectivity index (χ3v) is 8.49. The molecule has 0 amide bonds. The van der Waals surface area contributed by atoms with E-state index in [1.165, 1.54) is 12.0 Å². The summed E-state index contributed by atoms with van der Waals surface area (Å²) in [4.78, 5) is 33.5. The normalized spacial score (nSPS) is 18.8. The number of aromatic amines is 1. The van der Waals surface area contributed by atoms with Crippen LogP contribution in [0.4, 0.5) is 5.82 Å². The van der Waals surface area contributed by atoms with Gasteiger partial charge in [0.1, 0.15) is 11.9 Å². The first-order valence-electron chi connectivity index (χ1n) is 14.0. The highest BCUT2D eigenvalue weighted by atomic mass is 16.1. The lowest BCUT2D eigenvalue weighted by atomic mass is 9.86. The van der Waals surface area contributed by atoms with Gasteiger partial charge in [-0.2, -0.15) is 5.26 Å². The number of anilines is 1. The van der Waals surface area contributed by atoms with Crippen molar-refractivity contribution >= 4 is 16.7 Å². The molecule has 1 atom stereocenters. The number of rotatable bonds is 5. The maximum absolute atomic E-state index is 12.5. The molecule has 5 aromatic rings. The molecule has 8 heteroatoms. The van der Waals surface area contributed by atoms with Crippen LogP contribution in [-0.4, -0.2) is 51.0 Å². The van der Waals surface area contributed by atoms with Gasteiger partial charge in [-0.3, -0.25) is 9.69 Å². The number of hydrogen-bond donors (Lipinski definition) is 1. The lowest BCUT2D eigenvalue weighted by molar-refractivity contribution is 0.270. The molecule has 2 aliphatic heterocycles. The van der Waals surface area contributed by atoms with Gasteiger partial charge in [0.05, 0.1) is 16.6 Å². The summed E-state index contributed by atoms with van der Waals surface area (Å²) in [5.41, 5.74) is 5.96. The fourth-order valence-corrected chi connectivity index (χ4v) is 6.40. The molecule has 3 aromatic heterocycles. The molecule has 2 aliphatic rings. The fraction of sp³-hybridized carbons (Fsp3) is 0.242. The second-order valence-corrected chi connectivity index (χ2v) is 11.2. The Morgan fingerprint density at radius 3 is 2.59 bits per heavy atom. The summed E-state index contributed by atoms with van der Waals surface area (Å²) in [5, 5.41) is 9.76. The first-order valence-corrected chi connectivity index (χ1v) is 14.0. The number of benzene rings is 2. The molecule has 0 saturated carbocycles. The molecule has 1 N–H and O–H groups in total. The Balaban J connectivity index is 1.09. The Kier molecular flexibility index (Phi) is 6.29. The second-order valence-electron chi connectivity index (χ2n) is 11.2. The third-order valence-electron chi connectivity index (χ3n) is 8.49. The minimum absolute atomic E-state index is 0.133. The first-order chi connectivity index (χ1) is 20.1. The summed E-state index contributed by atoms with van der Waals surface area (Å²) < 4.78 is 0. The maximum Gasteiger partial charge on any atom is 0.257 e. The molecule has 2 aromatic carbocycles. The van der Waals surface area contributed by atoms with Crippen molar-refractivity contribution in [3.63, 3.8) is 0 Å². The van der Waals surface area contributed by atoms with Gasteiger partial charge >= 0.3 is 0 Å². The summed E-state index contributed by atoms with van der Waals surface area (Å²) in [5.74, 6) is 1.08. The van der Waals surface area contributed by atoms with Gasteiger partial charge in [-0.1, -0.05) is 54.6 Å². The minimum Gasteiger partial charge on any atom is -0.356 e. The number of nitrogens with zero attached hydrogens (tertiary/aromatic N) is 6. The van der Waals surface area contributed by atoms with Gasteiger partial charge in [0.15, 0.2) is 0 Å². The van der Waals surface area contributed by atoms with Crippen LogP contribution < -0.4 is 10.5 Å². The predicted octanol–water partition coefficient (Wildman–Crippen LogP) is 5.02. The molecule has 7 rings (SSSR count). The quantitative estimate of drug-likeness (QED) is 0.335. The molecule has 0 unspecified atom stereocenters. The van der Waals surface area contributed by atoms with Crippen LogP contribution in [0.3, 0.4) is 0 Å². The van der Waals surface area contributed by atoms with E-state index in [1.807, 2.05) is 42.5 Å². The summed E-state index contributed by atoms with van der Waals surface area (Å²) in [6.45, 7) is 4.95. The molecule has 41 heavy (non-hydrogen) atoms. The SMILES string of the molecule is N#Cc1nccc(N2CC[C@]3(CCN(Cc4ccc(-c5nc6cc[nH]c(=O)c6cc5-c5ccccc5)cc4)C3)C2)n1. The molecule has 0 aliphatic carbocycles. The van der Waals surface area contributed by atoms with Gasteiger partial charge < -0.3 is 9.88 Å². The van der Waals surface area contributed by atoms with Crippen molar-refractivity contribution in [2.24, 2.45) is 5.41 Å². The number of H-pyrrole nitrogens is 1. The monoisotopic (exact) mass is 539 g/mol. The van der Waals surface area contributed by atoms with Crippen molar-refractivity contribution in [3.8, 4) is 28.5 Å². The van der Waals surface area contributed by atoms with Gasteiger partial charge in [-0.05, 0) is 48.7 Å². The first kappa shape index (κ1) is 25.1. The van der Waals surface area contributed by atoms with Crippen molar-refractivity contribution in [2.75, 3.05) is 31.1 Å². The molecule has 2 fully saturated rings. The molecule has 0 radical (unpaired) electrons. The average Bonchev–Trinajstić information content (AvgIpc) is 3.63. The third kappa shape index (κ3) is 4.85. The van der Waals surface area contributed by atoms with E-state index in [4.69, 9.17) is 10.2 Å². The molecule has 5 heterocycles. The second kappa shape index (κ2) is 10.3.